The molecular formula is C14H19NO2. The summed E-state index contributed by atoms with van der Waals surface area (Å²) in [7, 11) is 1.68. The first kappa shape index (κ1) is 12.1. The number of carbonyl (C=O) groups excluding carboxylic acids is 1. The molecule has 1 aromatic rings. The van der Waals surface area contributed by atoms with Gasteiger partial charge in [0.05, 0.1) is 7.11 Å². The van der Waals surface area contributed by atoms with Gasteiger partial charge in [-0.3, -0.25) is 9.69 Å². The Kier molecular flexibility index (Phi) is 3.79. The number of ketones is 1. The summed E-state index contributed by atoms with van der Waals surface area (Å²) in [5, 5.41) is 0. The number of hydrogen-bond acceptors (Lipinski definition) is 3. The molecule has 0 radical (unpaired) electrons. The topological polar surface area (TPSA) is 29.5 Å². The molecular weight excluding hydrogens is 214 g/mol. The van der Waals surface area contributed by atoms with E-state index in [4.69, 9.17) is 4.74 Å². The molecule has 0 N–H and O–H groups in total. The van der Waals surface area contributed by atoms with E-state index in [1.54, 1.807) is 7.11 Å². The minimum absolute atomic E-state index is 0.175. The van der Waals surface area contributed by atoms with Gasteiger partial charge in [0, 0.05) is 32.0 Å². The Balaban J connectivity index is 1.98. The summed E-state index contributed by atoms with van der Waals surface area (Å²) in [6.07, 6.45) is 0.686. The number of methoxy groups -OCH3 is 1. The van der Waals surface area contributed by atoms with Crippen LogP contribution in [0.1, 0.15) is 18.9 Å². The van der Waals surface area contributed by atoms with Gasteiger partial charge in [-0.2, -0.15) is 0 Å². The minimum Gasteiger partial charge on any atom is -0.497 e. The molecule has 1 heterocycles. The fourth-order valence-electron chi connectivity index (χ4n) is 2.27. The Bertz CT molecular complexity index is 403. The van der Waals surface area contributed by atoms with E-state index in [-0.39, 0.29) is 5.92 Å². The predicted octanol–water partition coefficient (Wildman–Crippen LogP) is 2.11. The monoisotopic (exact) mass is 233 g/mol. The number of nitrogens with zero attached hydrogens (tertiary/aromatic N) is 1. The van der Waals surface area contributed by atoms with Crippen LogP contribution in [-0.4, -0.2) is 30.9 Å². The van der Waals surface area contributed by atoms with Crippen LogP contribution in [0.5, 0.6) is 5.75 Å². The lowest BCUT2D eigenvalue weighted by Gasteiger charge is -2.29. The van der Waals surface area contributed by atoms with E-state index in [2.05, 4.69) is 17.0 Å². The van der Waals surface area contributed by atoms with E-state index in [0.717, 1.165) is 25.4 Å². The maximum absolute atomic E-state index is 11.4. The van der Waals surface area contributed by atoms with Crippen molar-refractivity contribution in [3.05, 3.63) is 29.8 Å². The number of piperidine rings is 1. The van der Waals surface area contributed by atoms with Crippen molar-refractivity contribution in [2.45, 2.75) is 19.9 Å². The van der Waals surface area contributed by atoms with Crippen molar-refractivity contribution >= 4 is 5.78 Å². The number of benzene rings is 1. The van der Waals surface area contributed by atoms with Crippen LogP contribution in [0.3, 0.4) is 0 Å². The van der Waals surface area contributed by atoms with Gasteiger partial charge >= 0.3 is 0 Å². The zero-order valence-corrected chi connectivity index (χ0v) is 10.5. The normalized spacial score (nSPS) is 21.5. The van der Waals surface area contributed by atoms with Crippen LogP contribution in [0.15, 0.2) is 24.3 Å². The predicted molar refractivity (Wildman–Crippen MR) is 67.1 cm³/mol. The van der Waals surface area contributed by atoms with E-state index < -0.39 is 0 Å². The summed E-state index contributed by atoms with van der Waals surface area (Å²) in [6, 6.07) is 8.11. The summed E-state index contributed by atoms with van der Waals surface area (Å²) >= 11 is 0. The molecule has 0 saturated carbocycles. The van der Waals surface area contributed by atoms with Crippen molar-refractivity contribution in [3.63, 3.8) is 0 Å². The maximum Gasteiger partial charge on any atom is 0.138 e. The lowest BCUT2D eigenvalue weighted by Crippen LogP contribution is -2.38. The highest BCUT2D eigenvalue weighted by Gasteiger charge is 2.23. The lowest BCUT2D eigenvalue weighted by atomic mass is 9.98. The van der Waals surface area contributed by atoms with Crippen molar-refractivity contribution < 1.29 is 9.53 Å². The van der Waals surface area contributed by atoms with Gasteiger partial charge in [-0.05, 0) is 17.7 Å². The van der Waals surface area contributed by atoms with Crippen LogP contribution in [0.4, 0.5) is 0 Å². The average molecular weight is 233 g/mol. The Morgan fingerprint density at radius 3 is 3.00 bits per heavy atom. The van der Waals surface area contributed by atoms with Crippen LogP contribution in [0.25, 0.3) is 0 Å². The highest BCUT2D eigenvalue weighted by atomic mass is 16.5. The Morgan fingerprint density at radius 2 is 2.29 bits per heavy atom. The van der Waals surface area contributed by atoms with Gasteiger partial charge in [0.2, 0.25) is 0 Å². The zero-order valence-electron chi connectivity index (χ0n) is 10.5. The number of ether oxygens (including phenoxy) is 1. The summed E-state index contributed by atoms with van der Waals surface area (Å²) in [4.78, 5) is 13.8. The molecule has 92 valence electrons. The van der Waals surface area contributed by atoms with Gasteiger partial charge < -0.3 is 4.74 Å². The molecule has 0 spiro atoms. The summed E-state index contributed by atoms with van der Waals surface area (Å²) in [5.74, 6) is 1.46. The average Bonchev–Trinajstić information content (AvgIpc) is 2.34. The van der Waals surface area contributed by atoms with Gasteiger partial charge in [0.15, 0.2) is 0 Å². The minimum atomic E-state index is 0.175. The molecule has 17 heavy (non-hydrogen) atoms. The highest BCUT2D eigenvalue weighted by molar-refractivity contribution is 5.81. The largest absolute Gasteiger partial charge is 0.497 e. The second kappa shape index (κ2) is 5.32. The molecule has 0 aliphatic carbocycles. The molecule has 0 bridgehead atoms. The highest BCUT2D eigenvalue weighted by Crippen LogP contribution is 2.18. The Labute approximate surface area is 102 Å². The van der Waals surface area contributed by atoms with E-state index >= 15 is 0 Å². The fourth-order valence-corrected chi connectivity index (χ4v) is 2.27. The molecule has 1 unspecified atom stereocenters. The molecule has 1 aliphatic rings. The quantitative estimate of drug-likeness (QED) is 0.800. The maximum atomic E-state index is 11.4. The third kappa shape index (κ3) is 3.07. The number of rotatable bonds is 3. The molecule has 1 aromatic carbocycles. The number of likely N-dealkylation sites (tertiary alicyclic amines) is 1. The first-order valence-electron chi connectivity index (χ1n) is 6.07. The van der Waals surface area contributed by atoms with Gasteiger partial charge in [0.25, 0.3) is 0 Å². The van der Waals surface area contributed by atoms with Crippen molar-refractivity contribution in [1.29, 1.82) is 0 Å². The number of hydrogen-bond donors (Lipinski definition) is 0. The SMILES string of the molecule is COc1cccc(CN2CCC(=O)C(C)C2)c1. The molecule has 1 aliphatic heterocycles. The van der Waals surface area contributed by atoms with E-state index in [1.165, 1.54) is 5.56 Å². The van der Waals surface area contributed by atoms with Gasteiger partial charge in [-0.15, -0.1) is 0 Å². The zero-order chi connectivity index (χ0) is 12.3. The second-order valence-electron chi connectivity index (χ2n) is 4.70. The summed E-state index contributed by atoms with van der Waals surface area (Å²) in [6.45, 7) is 4.66. The molecule has 0 aromatic heterocycles. The first-order chi connectivity index (χ1) is 8.19. The van der Waals surface area contributed by atoms with Crippen molar-refractivity contribution in [2.75, 3.05) is 20.2 Å². The smallest absolute Gasteiger partial charge is 0.138 e. The van der Waals surface area contributed by atoms with Gasteiger partial charge in [-0.25, -0.2) is 0 Å². The molecule has 0 amide bonds. The molecule has 1 saturated heterocycles. The van der Waals surface area contributed by atoms with Gasteiger partial charge in [0.1, 0.15) is 11.5 Å². The third-order valence-electron chi connectivity index (χ3n) is 3.30. The molecule has 1 fully saturated rings. The third-order valence-corrected chi connectivity index (χ3v) is 3.30. The van der Waals surface area contributed by atoms with Gasteiger partial charge in [-0.1, -0.05) is 19.1 Å². The van der Waals surface area contributed by atoms with Crippen molar-refractivity contribution in [3.8, 4) is 5.75 Å². The summed E-state index contributed by atoms with van der Waals surface area (Å²) < 4.78 is 5.21. The molecule has 3 nitrogen and oxygen atoms in total. The second-order valence-corrected chi connectivity index (χ2v) is 4.70. The molecule has 3 heteroatoms. The van der Waals surface area contributed by atoms with E-state index in [1.807, 2.05) is 19.1 Å². The van der Waals surface area contributed by atoms with Crippen molar-refractivity contribution in [2.24, 2.45) is 5.92 Å². The lowest BCUT2D eigenvalue weighted by molar-refractivity contribution is -0.125. The number of carbonyl (C=O) groups is 1. The van der Waals surface area contributed by atoms with Crippen LogP contribution >= 0.6 is 0 Å². The van der Waals surface area contributed by atoms with Crippen LogP contribution < -0.4 is 4.74 Å². The van der Waals surface area contributed by atoms with Crippen LogP contribution in [0.2, 0.25) is 0 Å². The van der Waals surface area contributed by atoms with Crippen LogP contribution in [0, 0.1) is 5.92 Å². The van der Waals surface area contributed by atoms with E-state index in [0.29, 0.717) is 12.2 Å². The van der Waals surface area contributed by atoms with Crippen LogP contribution in [-0.2, 0) is 11.3 Å². The van der Waals surface area contributed by atoms with E-state index in [9.17, 15) is 4.79 Å². The Hall–Kier alpha value is -1.35. The van der Waals surface area contributed by atoms with Crippen molar-refractivity contribution in [1.82, 2.24) is 4.90 Å². The molecule has 1 atom stereocenters. The summed E-state index contributed by atoms with van der Waals surface area (Å²) in [5.41, 5.74) is 1.24. The Morgan fingerprint density at radius 1 is 1.47 bits per heavy atom. The standard InChI is InChI=1S/C14H19NO2/c1-11-9-15(7-6-14(11)16)10-12-4-3-5-13(8-12)17-2/h3-5,8,11H,6-7,9-10H2,1-2H3. The molecule has 2 rings (SSSR count). The fraction of sp³-hybridized carbons (Fsp3) is 0.500. The number of Topliss-reactive ketones (excluding diaryl/α,β-unsaturated/α-hetero) is 1. The first-order valence-corrected chi connectivity index (χ1v) is 6.07.